The number of benzene rings is 2. The van der Waals surface area contributed by atoms with Crippen LogP contribution in [0.25, 0.3) is 0 Å². The van der Waals surface area contributed by atoms with Crippen molar-refractivity contribution in [3.63, 3.8) is 0 Å². The molecule has 1 amide bonds. The molecule has 1 aromatic heterocycles. The van der Waals surface area contributed by atoms with Gasteiger partial charge in [-0.3, -0.25) is 29.7 Å². The summed E-state index contributed by atoms with van der Waals surface area (Å²) in [5, 5.41) is 28.7. The lowest BCUT2D eigenvalue weighted by Gasteiger charge is -2.04. The maximum atomic E-state index is 12.1. The van der Waals surface area contributed by atoms with Gasteiger partial charge in [-0.25, -0.2) is 10.2 Å². The third-order valence-electron chi connectivity index (χ3n) is 3.94. The standard InChI is InChI=1S/C19H14N6O7/c26-18(12-23-11-16(10-21-23)25(30)31)22-20-9-13-1-7-17(8-2-13)32-19(27)14-3-5-15(6-4-14)24(28)29/h1-11H,12H2,(H,22,26)/b20-9+. The van der Waals surface area contributed by atoms with Crippen LogP contribution in [0, 0.1) is 20.2 Å². The van der Waals surface area contributed by atoms with Gasteiger partial charge >= 0.3 is 11.7 Å². The molecule has 13 nitrogen and oxygen atoms in total. The second-order valence-electron chi connectivity index (χ2n) is 6.21. The molecule has 1 heterocycles. The largest absolute Gasteiger partial charge is 0.423 e. The number of rotatable bonds is 8. The van der Waals surface area contributed by atoms with Gasteiger partial charge in [0, 0.05) is 12.1 Å². The van der Waals surface area contributed by atoms with Crippen molar-refractivity contribution in [2.24, 2.45) is 5.10 Å². The number of hydrazone groups is 1. The summed E-state index contributed by atoms with van der Waals surface area (Å²) in [6.07, 6.45) is 3.51. The Morgan fingerprint density at radius 1 is 1.03 bits per heavy atom. The molecule has 0 aliphatic rings. The lowest BCUT2D eigenvalue weighted by Crippen LogP contribution is -2.23. The van der Waals surface area contributed by atoms with Gasteiger partial charge in [0.1, 0.15) is 24.7 Å². The van der Waals surface area contributed by atoms with E-state index in [0.717, 1.165) is 17.1 Å². The Hall–Kier alpha value is -4.94. The van der Waals surface area contributed by atoms with Crippen molar-refractivity contribution in [3.05, 3.63) is 92.3 Å². The van der Waals surface area contributed by atoms with E-state index in [0.29, 0.717) is 5.56 Å². The van der Waals surface area contributed by atoms with E-state index in [2.05, 4.69) is 15.6 Å². The Labute approximate surface area is 179 Å². The molecule has 0 radical (unpaired) electrons. The van der Waals surface area contributed by atoms with E-state index in [1.807, 2.05) is 0 Å². The van der Waals surface area contributed by atoms with Gasteiger partial charge in [-0.2, -0.15) is 10.2 Å². The summed E-state index contributed by atoms with van der Waals surface area (Å²) in [6, 6.07) is 11.2. The van der Waals surface area contributed by atoms with Gasteiger partial charge in [0.25, 0.3) is 11.6 Å². The van der Waals surface area contributed by atoms with E-state index in [1.54, 1.807) is 12.1 Å². The number of nitrogens with one attached hydrogen (secondary N) is 1. The van der Waals surface area contributed by atoms with Crippen LogP contribution < -0.4 is 10.2 Å². The minimum Gasteiger partial charge on any atom is -0.423 e. The van der Waals surface area contributed by atoms with Crippen LogP contribution in [0.3, 0.4) is 0 Å². The highest BCUT2D eigenvalue weighted by atomic mass is 16.6. The number of hydrogen-bond acceptors (Lipinski definition) is 9. The Bertz CT molecular complexity index is 1190. The second kappa shape index (κ2) is 9.71. The number of hydrogen-bond donors (Lipinski definition) is 1. The summed E-state index contributed by atoms with van der Waals surface area (Å²) in [5.41, 5.74) is 2.65. The summed E-state index contributed by atoms with van der Waals surface area (Å²) in [4.78, 5) is 44.0. The predicted molar refractivity (Wildman–Crippen MR) is 109 cm³/mol. The van der Waals surface area contributed by atoms with Crippen molar-refractivity contribution in [1.29, 1.82) is 0 Å². The summed E-state index contributed by atoms with van der Waals surface area (Å²) in [6.45, 7) is -0.247. The van der Waals surface area contributed by atoms with Crippen molar-refractivity contribution >= 4 is 29.5 Å². The molecular formula is C19H14N6O7. The van der Waals surface area contributed by atoms with Crippen LogP contribution in [-0.2, 0) is 11.3 Å². The van der Waals surface area contributed by atoms with Gasteiger partial charge in [-0.15, -0.1) is 0 Å². The second-order valence-corrected chi connectivity index (χ2v) is 6.21. The molecule has 0 saturated heterocycles. The first-order chi connectivity index (χ1) is 15.3. The fourth-order valence-corrected chi connectivity index (χ4v) is 2.40. The molecule has 32 heavy (non-hydrogen) atoms. The fraction of sp³-hybridized carbons (Fsp3) is 0.0526. The van der Waals surface area contributed by atoms with Crippen LogP contribution in [0.15, 0.2) is 66.0 Å². The number of carbonyl (C=O) groups is 2. The first-order valence-electron chi connectivity index (χ1n) is 8.87. The molecule has 0 saturated carbocycles. The number of carbonyl (C=O) groups excluding carboxylic acids is 2. The Balaban J connectivity index is 1.50. The van der Waals surface area contributed by atoms with Crippen LogP contribution in [0.4, 0.5) is 11.4 Å². The maximum absolute atomic E-state index is 12.1. The molecule has 0 bridgehead atoms. The average molecular weight is 438 g/mol. The zero-order valence-corrected chi connectivity index (χ0v) is 16.2. The van der Waals surface area contributed by atoms with Gasteiger partial charge in [0.15, 0.2) is 0 Å². The van der Waals surface area contributed by atoms with Gasteiger partial charge in [-0.1, -0.05) is 0 Å². The Morgan fingerprint density at radius 3 is 2.28 bits per heavy atom. The molecule has 13 heteroatoms. The quantitative estimate of drug-likeness (QED) is 0.183. The van der Waals surface area contributed by atoms with Crippen LogP contribution in [0.5, 0.6) is 5.75 Å². The molecule has 0 atom stereocenters. The Morgan fingerprint density at radius 2 is 1.69 bits per heavy atom. The van der Waals surface area contributed by atoms with E-state index < -0.39 is 21.7 Å². The zero-order valence-electron chi connectivity index (χ0n) is 16.2. The summed E-state index contributed by atoms with van der Waals surface area (Å²) < 4.78 is 6.31. The molecule has 3 aromatic rings. The molecule has 162 valence electrons. The van der Waals surface area contributed by atoms with Crippen LogP contribution >= 0.6 is 0 Å². The van der Waals surface area contributed by atoms with Crippen LogP contribution in [-0.4, -0.2) is 37.7 Å². The van der Waals surface area contributed by atoms with E-state index in [9.17, 15) is 29.8 Å². The molecule has 0 aliphatic carbocycles. The first-order valence-corrected chi connectivity index (χ1v) is 8.87. The Kier molecular flexibility index (Phi) is 6.60. The smallest absolute Gasteiger partial charge is 0.343 e. The van der Waals surface area contributed by atoms with E-state index in [4.69, 9.17) is 4.74 Å². The molecule has 3 rings (SSSR count). The molecule has 1 N–H and O–H groups in total. The predicted octanol–water partition coefficient (Wildman–Crippen LogP) is 2.07. The molecular weight excluding hydrogens is 424 g/mol. The number of nitro groups is 2. The van der Waals surface area contributed by atoms with Crippen molar-refractivity contribution < 1.29 is 24.2 Å². The topological polar surface area (TPSA) is 172 Å². The summed E-state index contributed by atoms with van der Waals surface area (Å²) >= 11 is 0. The summed E-state index contributed by atoms with van der Waals surface area (Å²) in [5.74, 6) is -0.963. The number of nitro benzene ring substituents is 1. The molecule has 0 unspecified atom stereocenters. The summed E-state index contributed by atoms with van der Waals surface area (Å²) in [7, 11) is 0. The molecule has 2 aromatic carbocycles. The third-order valence-corrected chi connectivity index (χ3v) is 3.94. The number of nitrogens with zero attached hydrogens (tertiary/aromatic N) is 5. The SMILES string of the molecule is O=C(Cn1cc([N+](=O)[O-])cn1)N/N=C/c1ccc(OC(=O)c2ccc([N+](=O)[O-])cc2)cc1. The number of amides is 1. The van der Waals surface area contributed by atoms with Gasteiger partial charge in [0.2, 0.25) is 0 Å². The average Bonchev–Trinajstić information content (AvgIpc) is 3.24. The first kappa shape index (κ1) is 21.8. The van der Waals surface area contributed by atoms with Crippen molar-refractivity contribution in [2.45, 2.75) is 6.54 Å². The minimum atomic E-state index is -0.674. The molecule has 0 aliphatic heterocycles. The van der Waals surface area contributed by atoms with E-state index in [1.165, 1.54) is 42.6 Å². The number of ether oxygens (including phenoxy) is 1. The van der Waals surface area contributed by atoms with E-state index in [-0.39, 0.29) is 29.2 Å². The fourth-order valence-electron chi connectivity index (χ4n) is 2.40. The number of non-ortho nitro benzene ring substituents is 1. The number of aromatic nitrogens is 2. The number of esters is 1. The van der Waals surface area contributed by atoms with Gasteiger partial charge in [-0.05, 0) is 42.0 Å². The molecule has 0 fully saturated rings. The third kappa shape index (κ3) is 5.79. The van der Waals surface area contributed by atoms with Crippen LogP contribution in [0.1, 0.15) is 15.9 Å². The lowest BCUT2D eigenvalue weighted by molar-refractivity contribution is -0.385. The minimum absolute atomic E-state index is 0.136. The highest BCUT2D eigenvalue weighted by molar-refractivity contribution is 5.91. The zero-order chi connectivity index (χ0) is 23.1. The maximum Gasteiger partial charge on any atom is 0.343 e. The van der Waals surface area contributed by atoms with Gasteiger partial charge < -0.3 is 4.74 Å². The molecule has 0 spiro atoms. The van der Waals surface area contributed by atoms with Crippen molar-refractivity contribution in [2.75, 3.05) is 0 Å². The van der Waals surface area contributed by atoms with E-state index >= 15 is 0 Å². The van der Waals surface area contributed by atoms with Crippen molar-refractivity contribution in [1.82, 2.24) is 15.2 Å². The highest BCUT2D eigenvalue weighted by Gasteiger charge is 2.12. The normalized spacial score (nSPS) is 10.6. The van der Waals surface area contributed by atoms with Crippen molar-refractivity contribution in [3.8, 4) is 5.75 Å². The van der Waals surface area contributed by atoms with Crippen LogP contribution in [0.2, 0.25) is 0 Å². The lowest BCUT2D eigenvalue weighted by atomic mass is 10.2. The van der Waals surface area contributed by atoms with Gasteiger partial charge in [0.05, 0.1) is 21.6 Å². The highest BCUT2D eigenvalue weighted by Crippen LogP contribution is 2.16. The monoisotopic (exact) mass is 438 g/mol.